The minimum Gasteiger partial charge on any atom is -0.459 e. The van der Waals surface area contributed by atoms with Crippen molar-refractivity contribution in [2.45, 2.75) is 32.9 Å². The first-order valence-electron chi connectivity index (χ1n) is 10.4. The minimum atomic E-state index is -0.512. The highest BCUT2D eigenvalue weighted by Gasteiger charge is 2.33. The zero-order valence-electron chi connectivity index (χ0n) is 19.1. The molecule has 0 saturated carbocycles. The van der Waals surface area contributed by atoms with Crippen LogP contribution in [0.5, 0.6) is 0 Å². The van der Waals surface area contributed by atoms with Crippen LogP contribution in [0, 0.1) is 10.1 Å². The summed E-state index contributed by atoms with van der Waals surface area (Å²) in [6.45, 7) is 5.39. The van der Waals surface area contributed by atoms with E-state index in [1.165, 1.54) is 24.3 Å². The molecule has 3 N–H and O–H groups in total. The van der Waals surface area contributed by atoms with Crippen molar-refractivity contribution in [3.8, 4) is 0 Å². The summed E-state index contributed by atoms with van der Waals surface area (Å²) in [5.74, 6) is -0.427. The van der Waals surface area contributed by atoms with Gasteiger partial charge >= 0.3 is 12.0 Å². The molecule has 0 aliphatic carbocycles. The van der Waals surface area contributed by atoms with Gasteiger partial charge in [-0.25, -0.2) is 9.59 Å². The van der Waals surface area contributed by atoms with Crippen molar-refractivity contribution in [1.29, 1.82) is 0 Å². The second-order valence-corrected chi connectivity index (χ2v) is 8.29. The molecule has 1 aliphatic heterocycles. The zero-order chi connectivity index (χ0) is 25.0. The Hall–Kier alpha value is -3.99. The first-order chi connectivity index (χ1) is 16.1. The van der Waals surface area contributed by atoms with Crippen LogP contribution < -0.4 is 16.0 Å². The Bertz CT molecular complexity index is 1150. The summed E-state index contributed by atoms with van der Waals surface area (Å²) in [5.41, 5.74) is 2.80. The van der Waals surface area contributed by atoms with Crippen molar-refractivity contribution < 1.29 is 19.2 Å². The van der Waals surface area contributed by atoms with Gasteiger partial charge in [0.05, 0.1) is 22.6 Å². The lowest BCUT2D eigenvalue weighted by molar-refractivity contribution is -0.384. The Kier molecular flexibility index (Phi) is 7.47. The van der Waals surface area contributed by atoms with E-state index in [2.05, 4.69) is 16.0 Å². The SMILES string of the molecule is CC1=C(C(=O)OC(C)C)C(c2ccc(NC(=O)Nc3ccc([N+](=O)[O-])cc3)cc2)NC(=S)N1C. The number of amides is 2. The predicted octanol–water partition coefficient (Wildman–Crippen LogP) is 4.33. The highest BCUT2D eigenvalue weighted by Crippen LogP contribution is 2.31. The maximum absolute atomic E-state index is 12.8. The molecule has 3 rings (SSSR count). The van der Waals surface area contributed by atoms with Gasteiger partial charge in [0.2, 0.25) is 0 Å². The van der Waals surface area contributed by atoms with Crippen molar-refractivity contribution in [1.82, 2.24) is 10.2 Å². The Morgan fingerprint density at radius 1 is 1.09 bits per heavy atom. The molecule has 0 bridgehead atoms. The van der Waals surface area contributed by atoms with Gasteiger partial charge in [-0.15, -0.1) is 0 Å². The lowest BCUT2D eigenvalue weighted by atomic mass is 9.95. The number of thiocarbonyl (C=S) groups is 1. The molecular weight excluding hydrogens is 458 g/mol. The number of esters is 1. The van der Waals surface area contributed by atoms with Gasteiger partial charge in [0, 0.05) is 36.3 Å². The Morgan fingerprint density at radius 2 is 1.62 bits per heavy atom. The molecule has 178 valence electrons. The third-order valence-corrected chi connectivity index (χ3v) is 5.55. The number of rotatable bonds is 6. The Morgan fingerprint density at radius 3 is 2.12 bits per heavy atom. The maximum atomic E-state index is 12.8. The van der Waals surface area contributed by atoms with E-state index >= 15 is 0 Å². The monoisotopic (exact) mass is 483 g/mol. The van der Waals surface area contributed by atoms with E-state index in [4.69, 9.17) is 17.0 Å². The van der Waals surface area contributed by atoms with Gasteiger partial charge in [0.25, 0.3) is 5.69 Å². The molecule has 1 atom stereocenters. The van der Waals surface area contributed by atoms with E-state index in [1.807, 2.05) is 6.92 Å². The van der Waals surface area contributed by atoms with Gasteiger partial charge in [0.1, 0.15) is 0 Å². The minimum absolute atomic E-state index is 0.0653. The lowest BCUT2D eigenvalue weighted by Gasteiger charge is -2.35. The summed E-state index contributed by atoms with van der Waals surface area (Å²) in [5, 5.41) is 19.7. The van der Waals surface area contributed by atoms with Crippen LogP contribution in [0.4, 0.5) is 21.9 Å². The number of ether oxygens (including phenoxy) is 1. The molecule has 0 saturated heterocycles. The summed E-state index contributed by atoms with van der Waals surface area (Å²) in [6, 6.07) is 11.5. The van der Waals surface area contributed by atoms with Crippen LogP contribution in [0.3, 0.4) is 0 Å². The number of nitrogens with zero attached hydrogens (tertiary/aromatic N) is 2. The van der Waals surface area contributed by atoms with Crippen molar-refractivity contribution >= 4 is 46.4 Å². The van der Waals surface area contributed by atoms with Gasteiger partial charge < -0.3 is 25.6 Å². The van der Waals surface area contributed by atoms with E-state index in [9.17, 15) is 19.7 Å². The molecule has 0 fully saturated rings. The second kappa shape index (κ2) is 10.3. The molecule has 11 heteroatoms. The fourth-order valence-corrected chi connectivity index (χ4v) is 3.60. The van der Waals surface area contributed by atoms with Crippen LogP contribution in [-0.2, 0) is 9.53 Å². The van der Waals surface area contributed by atoms with E-state index in [-0.39, 0.29) is 11.8 Å². The fourth-order valence-electron chi connectivity index (χ4n) is 3.35. The first-order valence-corrected chi connectivity index (χ1v) is 10.9. The average Bonchev–Trinajstić information content (AvgIpc) is 2.77. The summed E-state index contributed by atoms with van der Waals surface area (Å²) >= 11 is 5.40. The standard InChI is InChI=1S/C23H25N5O5S/c1-13(2)33-21(29)19-14(3)27(4)23(34)26-20(19)15-5-7-16(8-6-15)24-22(30)25-17-9-11-18(12-10-17)28(31)32/h5-13,20H,1-4H3,(H,26,34)(H2,24,25,30). The molecule has 34 heavy (non-hydrogen) atoms. The number of nitro benzene ring substituents is 1. The van der Waals surface area contributed by atoms with Gasteiger partial charge in [-0.2, -0.15) is 0 Å². The zero-order valence-corrected chi connectivity index (χ0v) is 19.9. The second-order valence-electron chi connectivity index (χ2n) is 7.90. The number of carbonyl (C=O) groups is 2. The van der Waals surface area contributed by atoms with Crippen molar-refractivity contribution in [2.24, 2.45) is 0 Å². The highest BCUT2D eigenvalue weighted by molar-refractivity contribution is 7.80. The molecule has 1 unspecified atom stereocenters. The van der Waals surface area contributed by atoms with E-state index in [0.717, 1.165) is 5.56 Å². The smallest absolute Gasteiger partial charge is 0.338 e. The average molecular weight is 484 g/mol. The summed E-state index contributed by atoms with van der Waals surface area (Å²) in [6.07, 6.45) is -0.270. The Labute approximate surface area is 202 Å². The highest BCUT2D eigenvalue weighted by atomic mass is 32.1. The molecule has 2 aromatic rings. The van der Waals surface area contributed by atoms with Gasteiger partial charge in [-0.3, -0.25) is 10.1 Å². The number of urea groups is 1. The first kappa shape index (κ1) is 24.6. The molecular formula is C23H25N5O5S. The van der Waals surface area contributed by atoms with E-state index in [0.29, 0.717) is 27.8 Å². The van der Waals surface area contributed by atoms with Gasteiger partial charge in [-0.1, -0.05) is 12.1 Å². The molecule has 2 aromatic carbocycles. The molecule has 0 radical (unpaired) electrons. The quantitative estimate of drug-likeness (QED) is 0.240. The number of benzene rings is 2. The summed E-state index contributed by atoms with van der Waals surface area (Å²) in [4.78, 5) is 37.0. The summed E-state index contributed by atoms with van der Waals surface area (Å²) in [7, 11) is 1.78. The van der Waals surface area contributed by atoms with Crippen molar-refractivity contribution in [3.63, 3.8) is 0 Å². The lowest BCUT2D eigenvalue weighted by Crippen LogP contribution is -2.46. The number of non-ortho nitro benzene ring substituents is 1. The van der Waals surface area contributed by atoms with Crippen LogP contribution in [0.1, 0.15) is 32.4 Å². The number of nitrogens with one attached hydrogen (secondary N) is 3. The van der Waals surface area contributed by atoms with Crippen LogP contribution >= 0.6 is 12.2 Å². The predicted molar refractivity (Wildman–Crippen MR) is 132 cm³/mol. The molecule has 2 amide bonds. The molecule has 0 aromatic heterocycles. The number of anilines is 2. The van der Waals surface area contributed by atoms with Crippen molar-refractivity contribution in [2.75, 3.05) is 17.7 Å². The number of hydrogen-bond acceptors (Lipinski definition) is 6. The maximum Gasteiger partial charge on any atom is 0.338 e. The molecule has 10 nitrogen and oxygen atoms in total. The number of carbonyl (C=O) groups excluding carboxylic acids is 2. The third kappa shape index (κ3) is 5.67. The molecule has 1 heterocycles. The molecule has 1 aliphatic rings. The summed E-state index contributed by atoms with van der Waals surface area (Å²) < 4.78 is 5.44. The van der Waals surface area contributed by atoms with E-state index < -0.39 is 23.0 Å². The van der Waals surface area contributed by atoms with E-state index in [1.54, 1.807) is 50.1 Å². The third-order valence-electron chi connectivity index (χ3n) is 5.15. The van der Waals surface area contributed by atoms with Crippen LogP contribution in [0.25, 0.3) is 0 Å². The number of nitro groups is 1. The number of allylic oxidation sites excluding steroid dienone is 1. The Balaban J connectivity index is 1.74. The van der Waals surface area contributed by atoms with Gasteiger partial charge in [-0.05, 0) is 62.8 Å². The van der Waals surface area contributed by atoms with Gasteiger partial charge in [0.15, 0.2) is 5.11 Å². The van der Waals surface area contributed by atoms with Crippen LogP contribution in [0.2, 0.25) is 0 Å². The molecule has 0 spiro atoms. The normalized spacial score (nSPS) is 15.6. The van der Waals surface area contributed by atoms with Crippen molar-refractivity contribution in [3.05, 3.63) is 75.5 Å². The van der Waals surface area contributed by atoms with Crippen LogP contribution in [0.15, 0.2) is 59.8 Å². The number of hydrogen-bond donors (Lipinski definition) is 3. The fraction of sp³-hybridized carbons (Fsp3) is 0.261. The largest absolute Gasteiger partial charge is 0.459 e. The topological polar surface area (TPSA) is 126 Å². The van der Waals surface area contributed by atoms with Crippen LogP contribution in [-0.4, -0.2) is 40.1 Å².